The van der Waals surface area contributed by atoms with Gasteiger partial charge >= 0.3 is 0 Å². The first kappa shape index (κ1) is 19.5. The number of anilines is 1. The van der Waals surface area contributed by atoms with Gasteiger partial charge in [0.2, 0.25) is 5.91 Å². The van der Waals surface area contributed by atoms with Crippen LogP contribution in [0.5, 0.6) is 5.75 Å². The molecule has 1 atom stereocenters. The predicted molar refractivity (Wildman–Crippen MR) is 102 cm³/mol. The maximum atomic E-state index is 12.5. The molecule has 0 aliphatic rings. The fourth-order valence-corrected chi connectivity index (χ4v) is 2.52. The van der Waals surface area contributed by atoms with Gasteiger partial charge in [0, 0.05) is 19.2 Å². The van der Waals surface area contributed by atoms with Gasteiger partial charge in [0.25, 0.3) is 5.91 Å². The quantitative estimate of drug-likeness (QED) is 0.801. The van der Waals surface area contributed by atoms with Crippen LogP contribution < -0.4 is 15.4 Å². The number of carbonyl (C=O) groups excluding carboxylic acids is 2. The molecule has 0 aromatic heterocycles. The van der Waals surface area contributed by atoms with Crippen molar-refractivity contribution < 1.29 is 14.3 Å². The number of carbonyl (C=O) groups is 2. The second-order valence-corrected chi connectivity index (χ2v) is 6.06. The molecule has 0 aliphatic heterocycles. The van der Waals surface area contributed by atoms with E-state index in [1.807, 2.05) is 43.1 Å². The molecule has 0 saturated heterocycles. The van der Waals surface area contributed by atoms with Gasteiger partial charge in [-0.1, -0.05) is 24.3 Å². The molecular formula is C20H25N3O3. The zero-order valence-electron chi connectivity index (χ0n) is 15.6. The van der Waals surface area contributed by atoms with Gasteiger partial charge in [-0.05, 0) is 43.8 Å². The van der Waals surface area contributed by atoms with Crippen LogP contribution in [0.3, 0.4) is 0 Å². The van der Waals surface area contributed by atoms with Crippen molar-refractivity contribution in [1.29, 1.82) is 0 Å². The Morgan fingerprint density at radius 3 is 2.38 bits per heavy atom. The lowest BCUT2D eigenvalue weighted by Crippen LogP contribution is -2.39. The first-order valence-corrected chi connectivity index (χ1v) is 8.41. The molecule has 0 spiro atoms. The van der Waals surface area contributed by atoms with Crippen LogP contribution in [-0.4, -0.2) is 44.0 Å². The van der Waals surface area contributed by atoms with E-state index in [0.717, 1.165) is 5.56 Å². The Kier molecular flexibility index (Phi) is 6.74. The molecule has 2 aromatic carbocycles. The topological polar surface area (TPSA) is 70.7 Å². The molecule has 0 heterocycles. The fourth-order valence-electron chi connectivity index (χ4n) is 2.52. The molecular weight excluding hydrogens is 330 g/mol. The van der Waals surface area contributed by atoms with Crippen LogP contribution in [0.2, 0.25) is 0 Å². The number of hydrogen-bond donors (Lipinski definition) is 2. The molecule has 0 radical (unpaired) electrons. The van der Waals surface area contributed by atoms with Crippen molar-refractivity contribution in [3.8, 4) is 5.75 Å². The minimum absolute atomic E-state index is 0.112. The van der Waals surface area contributed by atoms with Gasteiger partial charge in [-0.15, -0.1) is 0 Å². The average Bonchev–Trinajstić information content (AvgIpc) is 2.67. The third-order valence-corrected chi connectivity index (χ3v) is 4.28. The van der Waals surface area contributed by atoms with Gasteiger partial charge in [0.05, 0.1) is 18.8 Å². The summed E-state index contributed by atoms with van der Waals surface area (Å²) >= 11 is 0. The maximum absolute atomic E-state index is 12.5. The van der Waals surface area contributed by atoms with E-state index < -0.39 is 0 Å². The SMILES string of the molecule is CNC(=O)c1ccc(CN(C)[C@H](C)C(=O)Nc2ccccc2OC)cc1. The number of benzene rings is 2. The zero-order valence-corrected chi connectivity index (χ0v) is 15.6. The highest BCUT2D eigenvalue weighted by Gasteiger charge is 2.19. The Hall–Kier alpha value is -2.86. The van der Waals surface area contributed by atoms with Crippen LogP contribution in [0.4, 0.5) is 5.69 Å². The summed E-state index contributed by atoms with van der Waals surface area (Å²) in [6, 6.07) is 14.3. The number of nitrogens with one attached hydrogen (secondary N) is 2. The Morgan fingerprint density at radius 2 is 1.77 bits per heavy atom. The van der Waals surface area contributed by atoms with E-state index in [-0.39, 0.29) is 17.9 Å². The molecule has 2 aromatic rings. The number of para-hydroxylation sites is 2. The van der Waals surface area contributed by atoms with Gasteiger partial charge in [-0.2, -0.15) is 0 Å². The highest BCUT2D eigenvalue weighted by molar-refractivity contribution is 5.96. The largest absolute Gasteiger partial charge is 0.495 e. The monoisotopic (exact) mass is 355 g/mol. The fraction of sp³-hybridized carbons (Fsp3) is 0.300. The summed E-state index contributed by atoms with van der Waals surface area (Å²) in [4.78, 5) is 26.1. The standard InChI is InChI=1S/C20H25N3O3/c1-14(19(24)22-17-7-5-6-8-18(17)26-4)23(3)13-15-9-11-16(12-10-15)20(25)21-2/h5-12,14H,13H2,1-4H3,(H,21,25)(H,22,24)/t14-/m1/s1. The van der Waals surface area contributed by atoms with Crippen LogP contribution in [0.25, 0.3) is 0 Å². The van der Waals surface area contributed by atoms with E-state index in [2.05, 4.69) is 10.6 Å². The lowest BCUT2D eigenvalue weighted by molar-refractivity contribution is -0.120. The highest BCUT2D eigenvalue weighted by Crippen LogP contribution is 2.23. The molecule has 2 rings (SSSR count). The van der Waals surface area contributed by atoms with Crippen molar-refractivity contribution in [1.82, 2.24) is 10.2 Å². The second kappa shape index (κ2) is 9.01. The van der Waals surface area contributed by atoms with Crippen LogP contribution in [-0.2, 0) is 11.3 Å². The molecule has 26 heavy (non-hydrogen) atoms. The summed E-state index contributed by atoms with van der Waals surface area (Å²) in [7, 11) is 5.06. The van der Waals surface area contributed by atoms with Crippen LogP contribution in [0.15, 0.2) is 48.5 Å². The minimum Gasteiger partial charge on any atom is -0.495 e. The average molecular weight is 355 g/mol. The van der Waals surface area contributed by atoms with Gasteiger partial charge < -0.3 is 15.4 Å². The normalized spacial score (nSPS) is 11.7. The summed E-state index contributed by atoms with van der Waals surface area (Å²) in [5.41, 5.74) is 2.29. The van der Waals surface area contributed by atoms with Crippen molar-refractivity contribution in [2.45, 2.75) is 19.5 Å². The first-order valence-electron chi connectivity index (χ1n) is 8.41. The molecule has 0 aliphatic carbocycles. The molecule has 0 unspecified atom stereocenters. The number of methoxy groups -OCH3 is 1. The highest BCUT2D eigenvalue weighted by atomic mass is 16.5. The Bertz CT molecular complexity index is 759. The summed E-state index contributed by atoms with van der Waals surface area (Å²) in [6.07, 6.45) is 0. The lowest BCUT2D eigenvalue weighted by Gasteiger charge is -2.24. The van der Waals surface area contributed by atoms with E-state index in [4.69, 9.17) is 4.74 Å². The van der Waals surface area contributed by atoms with Crippen molar-refractivity contribution in [2.24, 2.45) is 0 Å². The summed E-state index contributed by atoms with van der Waals surface area (Å²) < 4.78 is 5.26. The number of amides is 2. The van der Waals surface area contributed by atoms with E-state index in [1.165, 1.54) is 0 Å². The maximum Gasteiger partial charge on any atom is 0.251 e. The first-order chi connectivity index (χ1) is 12.5. The molecule has 6 heteroatoms. The Labute approximate surface area is 154 Å². The van der Waals surface area contributed by atoms with Crippen molar-refractivity contribution in [2.75, 3.05) is 26.5 Å². The van der Waals surface area contributed by atoms with Gasteiger partial charge in [0.1, 0.15) is 5.75 Å². The van der Waals surface area contributed by atoms with Gasteiger partial charge in [-0.3, -0.25) is 14.5 Å². The van der Waals surface area contributed by atoms with E-state index in [1.54, 1.807) is 38.4 Å². The molecule has 2 amide bonds. The number of nitrogens with zero attached hydrogens (tertiary/aromatic N) is 1. The molecule has 0 bridgehead atoms. The Morgan fingerprint density at radius 1 is 1.12 bits per heavy atom. The zero-order chi connectivity index (χ0) is 19.1. The summed E-state index contributed by atoms with van der Waals surface area (Å²) in [5, 5.41) is 5.50. The number of ether oxygens (including phenoxy) is 1. The Balaban J connectivity index is 1.99. The molecule has 6 nitrogen and oxygen atoms in total. The minimum atomic E-state index is -0.335. The summed E-state index contributed by atoms with van der Waals surface area (Å²) in [5.74, 6) is 0.397. The smallest absolute Gasteiger partial charge is 0.251 e. The van der Waals surface area contributed by atoms with Crippen molar-refractivity contribution >= 4 is 17.5 Å². The molecule has 0 fully saturated rings. The van der Waals surface area contributed by atoms with E-state index >= 15 is 0 Å². The van der Waals surface area contributed by atoms with Gasteiger partial charge in [-0.25, -0.2) is 0 Å². The van der Waals surface area contributed by atoms with Crippen LogP contribution in [0, 0.1) is 0 Å². The summed E-state index contributed by atoms with van der Waals surface area (Å²) in [6.45, 7) is 2.44. The molecule has 0 saturated carbocycles. The van der Waals surface area contributed by atoms with Crippen LogP contribution in [0.1, 0.15) is 22.8 Å². The molecule has 2 N–H and O–H groups in total. The van der Waals surface area contributed by atoms with E-state index in [0.29, 0.717) is 23.5 Å². The number of hydrogen-bond acceptors (Lipinski definition) is 4. The number of rotatable bonds is 7. The lowest BCUT2D eigenvalue weighted by atomic mass is 10.1. The van der Waals surface area contributed by atoms with Gasteiger partial charge in [0.15, 0.2) is 0 Å². The third kappa shape index (κ3) is 4.83. The third-order valence-electron chi connectivity index (χ3n) is 4.28. The molecule has 138 valence electrons. The van der Waals surface area contributed by atoms with E-state index in [9.17, 15) is 9.59 Å². The van der Waals surface area contributed by atoms with Crippen molar-refractivity contribution in [3.05, 3.63) is 59.7 Å². The number of likely N-dealkylation sites (N-methyl/N-ethyl adjacent to an activating group) is 1. The van der Waals surface area contributed by atoms with Crippen LogP contribution >= 0.6 is 0 Å². The predicted octanol–water partition coefficient (Wildman–Crippen LogP) is 2.51. The second-order valence-electron chi connectivity index (χ2n) is 6.06. The van der Waals surface area contributed by atoms with Crippen molar-refractivity contribution in [3.63, 3.8) is 0 Å².